The maximum absolute atomic E-state index is 12.0. The average molecular weight is 510 g/mol. The summed E-state index contributed by atoms with van der Waals surface area (Å²) in [5, 5.41) is 3.31. The Balaban J connectivity index is 0.00000420. The van der Waals surface area contributed by atoms with Gasteiger partial charge in [-0.1, -0.05) is 30.3 Å². The first kappa shape index (κ1) is 24.7. The molecular weight excluding hydrogens is 479 g/mol. The summed E-state index contributed by atoms with van der Waals surface area (Å²) in [6, 6.07) is 17.4. The van der Waals surface area contributed by atoms with E-state index in [0.717, 1.165) is 30.4 Å². The highest BCUT2D eigenvalue weighted by atomic mass is 127. The van der Waals surface area contributed by atoms with E-state index in [9.17, 15) is 4.79 Å². The van der Waals surface area contributed by atoms with Gasteiger partial charge in [0.1, 0.15) is 12.4 Å². The highest BCUT2D eigenvalue weighted by molar-refractivity contribution is 14.0. The number of aliphatic imine (C=N–C) groups is 1. The first-order valence-electron chi connectivity index (χ1n) is 9.49. The number of rotatable bonds is 8. The topological polar surface area (TPSA) is 57.2 Å². The second-order valence-electron chi connectivity index (χ2n) is 6.65. The van der Waals surface area contributed by atoms with Gasteiger partial charge in [0.25, 0.3) is 5.91 Å². The van der Waals surface area contributed by atoms with E-state index < -0.39 is 0 Å². The number of guanidine groups is 1. The summed E-state index contributed by atoms with van der Waals surface area (Å²) in [4.78, 5) is 20.3. The molecule has 0 saturated carbocycles. The Kier molecular flexibility index (Phi) is 11.1. The predicted octanol–water partition coefficient (Wildman–Crippen LogP) is 3.48. The van der Waals surface area contributed by atoms with E-state index >= 15 is 0 Å². The zero-order valence-electron chi connectivity index (χ0n) is 17.6. The summed E-state index contributed by atoms with van der Waals surface area (Å²) in [6.07, 6.45) is 0. The fourth-order valence-electron chi connectivity index (χ4n) is 2.57. The maximum Gasteiger partial charge on any atom is 0.253 e. The molecule has 0 bridgehead atoms. The van der Waals surface area contributed by atoms with Gasteiger partial charge in [-0.25, -0.2) is 4.99 Å². The number of ether oxygens (including phenoxy) is 1. The molecule has 0 aliphatic rings. The van der Waals surface area contributed by atoms with Crippen LogP contribution in [0.15, 0.2) is 59.6 Å². The number of para-hydroxylation sites is 1. The van der Waals surface area contributed by atoms with Crippen LogP contribution in [-0.2, 0) is 6.54 Å². The van der Waals surface area contributed by atoms with Gasteiger partial charge in [-0.2, -0.15) is 0 Å². The van der Waals surface area contributed by atoms with Crippen LogP contribution >= 0.6 is 24.0 Å². The summed E-state index contributed by atoms with van der Waals surface area (Å²) in [6.45, 7) is 4.68. The van der Waals surface area contributed by atoms with Gasteiger partial charge < -0.3 is 19.9 Å². The molecular formula is C22H31IN4O2. The van der Waals surface area contributed by atoms with Crippen molar-refractivity contribution in [2.75, 3.05) is 40.8 Å². The van der Waals surface area contributed by atoms with Crippen molar-refractivity contribution in [3.05, 3.63) is 65.7 Å². The van der Waals surface area contributed by atoms with Crippen molar-refractivity contribution in [1.29, 1.82) is 0 Å². The molecule has 0 aliphatic carbocycles. The van der Waals surface area contributed by atoms with E-state index in [4.69, 9.17) is 9.73 Å². The van der Waals surface area contributed by atoms with Gasteiger partial charge in [0.15, 0.2) is 5.96 Å². The molecule has 158 valence electrons. The second kappa shape index (κ2) is 13.0. The van der Waals surface area contributed by atoms with E-state index in [1.54, 1.807) is 19.0 Å². The number of hydrogen-bond acceptors (Lipinski definition) is 3. The van der Waals surface area contributed by atoms with E-state index in [0.29, 0.717) is 18.7 Å². The first-order valence-corrected chi connectivity index (χ1v) is 9.49. The molecule has 0 atom stereocenters. The molecule has 2 aromatic carbocycles. The number of carbonyl (C=O) groups is 1. The van der Waals surface area contributed by atoms with Crippen molar-refractivity contribution in [3.63, 3.8) is 0 Å². The van der Waals surface area contributed by atoms with Crippen molar-refractivity contribution in [3.8, 4) is 5.75 Å². The molecule has 0 spiro atoms. The third-order valence-electron chi connectivity index (χ3n) is 4.15. The predicted molar refractivity (Wildman–Crippen MR) is 129 cm³/mol. The fraction of sp³-hybridized carbons (Fsp3) is 0.364. The lowest BCUT2D eigenvalue weighted by atomic mass is 10.1. The van der Waals surface area contributed by atoms with Gasteiger partial charge in [0, 0.05) is 33.3 Å². The number of benzene rings is 2. The largest absolute Gasteiger partial charge is 0.492 e. The molecule has 0 aliphatic heterocycles. The van der Waals surface area contributed by atoms with Gasteiger partial charge in [0.2, 0.25) is 0 Å². The Morgan fingerprint density at radius 3 is 2.28 bits per heavy atom. The van der Waals surface area contributed by atoms with Gasteiger partial charge in [0.05, 0.1) is 13.1 Å². The zero-order valence-corrected chi connectivity index (χ0v) is 19.9. The Bertz CT molecular complexity index is 764. The van der Waals surface area contributed by atoms with Crippen molar-refractivity contribution < 1.29 is 9.53 Å². The molecule has 6 nitrogen and oxygen atoms in total. The summed E-state index contributed by atoms with van der Waals surface area (Å²) in [5.41, 5.74) is 1.74. The lowest BCUT2D eigenvalue weighted by Gasteiger charge is -2.22. The second-order valence-corrected chi connectivity index (χ2v) is 6.65. The zero-order chi connectivity index (χ0) is 20.4. The van der Waals surface area contributed by atoms with Crippen LogP contribution in [0.3, 0.4) is 0 Å². The van der Waals surface area contributed by atoms with Crippen LogP contribution in [0.4, 0.5) is 0 Å². The number of carbonyl (C=O) groups excluding carboxylic acids is 1. The third kappa shape index (κ3) is 8.31. The Morgan fingerprint density at radius 2 is 1.69 bits per heavy atom. The molecule has 1 amide bonds. The van der Waals surface area contributed by atoms with E-state index in [1.165, 1.54) is 0 Å². The lowest BCUT2D eigenvalue weighted by Crippen LogP contribution is -2.40. The maximum atomic E-state index is 12.0. The number of nitrogens with one attached hydrogen (secondary N) is 1. The molecule has 7 heteroatoms. The van der Waals surface area contributed by atoms with Crippen LogP contribution in [0.1, 0.15) is 22.8 Å². The lowest BCUT2D eigenvalue weighted by molar-refractivity contribution is 0.0827. The van der Waals surface area contributed by atoms with Crippen LogP contribution in [0.5, 0.6) is 5.75 Å². The van der Waals surface area contributed by atoms with E-state index in [-0.39, 0.29) is 29.9 Å². The van der Waals surface area contributed by atoms with Gasteiger partial charge >= 0.3 is 0 Å². The molecule has 0 radical (unpaired) electrons. The normalized spacial score (nSPS) is 10.7. The minimum Gasteiger partial charge on any atom is -0.492 e. The summed E-state index contributed by atoms with van der Waals surface area (Å²) in [5.74, 6) is 1.69. The van der Waals surface area contributed by atoms with Crippen molar-refractivity contribution in [1.82, 2.24) is 15.1 Å². The number of halogens is 1. The smallest absolute Gasteiger partial charge is 0.253 e. The number of nitrogens with zero attached hydrogens (tertiary/aromatic N) is 3. The standard InChI is InChI=1S/C22H30N4O2.HI/c1-5-23-22(26(4)15-16-28-20-9-7-6-8-10-20)24-17-18-11-13-19(14-12-18)21(27)25(2)3;/h6-14H,5,15-17H2,1-4H3,(H,23,24);1H. The Morgan fingerprint density at radius 1 is 1.03 bits per heavy atom. The molecule has 2 aromatic rings. The van der Waals surface area contributed by atoms with Crippen molar-refractivity contribution in [2.24, 2.45) is 4.99 Å². The van der Waals surface area contributed by atoms with Crippen LogP contribution in [0.2, 0.25) is 0 Å². The van der Waals surface area contributed by atoms with E-state index in [2.05, 4.69) is 10.2 Å². The molecule has 0 heterocycles. The molecule has 0 aromatic heterocycles. The van der Waals surface area contributed by atoms with Crippen molar-refractivity contribution >= 4 is 35.8 Å². The van der Waals surface area contributed by atoms with Crippen LogP contribution in [0.25, 0.3) is 0 Å². The molecule has 29 heavy (non-hydrogen) atoms. The molecule has 0 fully saturated rings. The van der Waals surface area contributed by atoms with Gasteiger partial charge in [-0.05, 0) is 36.8 Å². The Hall–Kier alpha value is -2.29. The van der Waals surface area contributed by atoms with Crippen LogP contribution < -0.4 is 10.1 Å². The molecule has 2 rings (SSSR count). The van der Waals surface area contributed by atoms with E-state index in [1.807, 2.05) is 68.6 Å². The fourth-order valence-corrected chi connectivity index (χ4v) is 2.57. The van der Waals surface area contributed by atoms with Crippen LogP contribution in [-0.4, -0.2) is 62.5 Å². The van der Waals surface area contributed by atoms with Gasteiger partial charge in [-0.15, -0.1) is 24.0 Å². The first-order chi connectivity index (χ1) is 13.5. The minimum atomic E-state index is 0. The molecule has 0 saturated heterocycles. The highest BCUT2D eigenvalue weighted by Gasteiger charge is 2.08. The minimum absolute atomic E-state index is 0. The number of hydrogen-bond donors (Lipinski definition) is 1. The summed E-state index contributed by atoms with van der Waals surface area (Å²) in [7, 11) is 5.50. The average Bonchev–Trinajstić information content (AvgIpc) is 2.71. The third-order valence-corrected chi connectivity index (χ3v) is 4.15. The Labute approximate surface area is 191 Å². The highest BCUT2D eigenvalue weighted by Crippen LogP contribution is 2.09. The monoisotopic (exact) mass is 510 g/mol. The number of likely N-dealkylation sites (N-methyl/N-ethyl adjacent to an activating group) is 1. The summed E-state index contributed by atoms with van der Waals surface area (Å²) < 4.78 is 5.76. The summed E-state index contributed by atoms with van der Waals surface area (Å²) >= 11 is 0. The number of amides is 1. The van der Waals surface area contributed by atoms with Gasteiger partial charge in [-0.3, -0.25) is 4.79 Å². The molecule has 0 unspecified atom stereocenters. The van der Waals surface area contributed by atoms with Crippen LogP contribution in [0, 0.1) is 0 Å². The van der Waals surface area contributed by atoms with Crippen molar-refractivity contribution in [2.45, 2.75) is 13.5 Å². The molecule has 1 N–H and O–H groups in total. The quantitative estimate of drug-likeness (QED) is 0.336. The SMILES string of the molecule is CCNC(=NCc1ccc(C(=O)N(C)C)cc1)N(C)CCOc1ccccc1.I.